The number of nitrogens with one attached hydrogen (secondary N) is 1. The van der Waals surface area contributed by atoms with Crippen molar-refractivity contribution in [1.29, 1.82) is 0 Å². The molecule has 0 saturated heterocycles. The van der Waals surface area contributed by atoms with Crippen LogP contribution in [0.15, 0.2) is 102 Å². The molecule has 0 spiro atoms. The average molecular weight is 471 g/mol. The van der Waals surface area contributed by atoms with E-state index >= 15 is 0 Å². The van der Waals surface area contributed by atoms with E-state index in [-0.39, 0.29) is 11.0 Å². The average Bonchev–Trinajstić information content (AvgIpc) is 2.91. The fraction of sp³-hybridized carbons (Fsp3) is 0.0645. The van der Waals surface area contributed by atoms with Crippen LogP contribution in [0.5, 0.6) is 0 Å². The number of hydrogen-bond acceptors (Lipinski definition) is 3. The first-order valence-corrected chi connectivity index (χ1v) is 11.5. The Morgan fingerprint density at radius 3 is 2.53 bits per heavy atom. The zero-order valence-corrected chi connectivity index (χ0v) is 19.4. The van der Waals surface area contributed by atoms with E-state index in [1.54, 1.807) is 36.7 Å². The van der Waals surface area contributed by atoms with Crippen molar-refractivity contribution in [2.45, 2.75) is 12.8 Å². The normalized spacial score (nSPS) is 10.6. The van der Waals surface area contributed by atoms with Crippen molar-refractivity contribution in [1.82, 2.24) is 9.97 Å². The molecule has 2 aromatic heterocycles. The number of H-pyrrole nitrogens is 1. The quantitative estimate of drug-likeness (QED) is 0.334. The van der Waals surface area contributed by atoms with Gasteiger partial charge in [0.1, 0.15) is 0 Å². The first-order valence-electron chi connectivity index (χ1n) is 11.5. The van der Waals surface area contributed by atoms with Gasteiger partial charge in [0.25, 0.3) is 0 Å². The molecule has 0 aliphatic carbocycles. The third-order valence-corrected chi connectivity index (χ3v) is 6.00. The maximum Gasteiger partial charge on any atom is 0.335 e. The van der Waals surface area contributed by atoms with Gasteiger partial charge < -0.3 is 10.1 Å². The lowest BCUT2D eigenvalue weighted by Crippen LogP contribution is -2.11. The number of aromatic carboxylic acids is 1. The standard InChI is InChI=1S/C31H22N2O3/c34-30-27(17-23-9-12-24(13-10-23)31(35)36)20-33-29-14-11-22(18-28(29)30)5-1-4-21-6-2-7-25(16-21)26-8-3-15-32-19-26/h2-3,6-16,18-20H,4,17H2,(H,33,34)(H,35,36). The molecule has 2 heterocycles. The maximum absolute atomic E-state index is 13.2. The van der Waals surface area contributed by atoms with E-state index in [1.807, 2.05) is 42.6 Å². The summed E-state index contributed by atoms with van der Waals surface area (Å²) >= 11 is 0. The van der Waals surface area contributed by atoms with Crippen LogP contribution in [0.3, 0.4) is 0 Å². The number of carbonyl (C=O) groups is 1. The number of hydrogen-bond donors (Lipinski definition) is 2. The fourth-order valence-corrected chi connectivity index (χ4v) is 4.10. The van der Waals surface area contributed by atoms with Crippen molar-refractivity contribution in [2.24, 2.45) is 0 Å². The summed E-state index contributed by atoms with van der Waals surface area (Å²) in [5.74, 6) is 5.44. The third-order valence-electron chi connectivity index (χ3n) is 6.00. The molecule has 0 unspecified atom stereocenters. The minimum absolute atomic E-state index is 0.0566. The highest BCUT2D eigenvalue weighted by Gasteiger charge is 2.08. The second kappa shape index (κ2) is 10.1. The van der Waals surface area contributed by atoms with Gasteiger partial charge in [-0.2, -0.15) is 0 Å². The van der Waals surface area contributed by atoms with Crippen LogP contribution in [0.25, 0.3) is 22.0 Å². The Labute approximate surface area is 208 Å². The Hall–Kier alpha value is -4.95. The van der Waals surface area contributed by atoms with Crippen molar-refractivity contribution in [2.75, 3.05) is 0 Å². The van der Waals surface area contributed by atoms with Crippen molar-refractivity contribution in [3.63, 3.8) is 0 Å². The van der Waals surface area contributed by atoms with Gasteiger partial charge in [0.15, 0.2) is 5.43 Å². The molecule has 0 amide bonds. The Morgan fingerprint density at radius 2 is 1.75 bits per heavy atom. The van der Waals surface area contributed by atoms with E-state index < -0.39 is 5.97 Å². The van der Waals surface area contributed by atoms with Crippen LogP contribution in [0.4, 0.5) is 0 Å². The maximum atomic E-state index is 13.2. The first-order chi connectivity index (χ1) is 17.6. The molecule has 0 saturated carbocycles. The van der Waals surface area contributed by atoms with Gasteiger partial charge in [-0.3, -0.25) is 9.78 Å². The highest BCUT2D eigenvalue weighted by Crippen LogP contribution is 2.19. The molecule has 5 heteroatoms. The summed E-state index contributed by atoms with van der Waals surface area (Å²) < 4.78 is 0. The zero-order chi connectivity index (χ0) is 24.9. The molecule has 36 heavy (non-hydrogen) atoms. The Balaban J connectivity index is 1.36. The summed E-state index contributed by atoms with van der Waals surface area (Å²) in [6.45, 7) is 0. The lowest BCUT2D eigenvalue weighted by molar-refractivity contribution is 0.0697. The molecule has 0 fully saturated rings. The van der Waals surface area contributed by atoms with Gasteiger partial charge in [-0.1, -0.05) is 54.3 Å². The molecule has 0 radical (unpaired) electrons. The summed E-state index contributed by atoms with van der Waals surface area (Å²) in [5, 5.41) is 9.65. The number of carboxylic acid groups (broad SMARTS) is 1. The monoisotopic (exact) mass is 470 g/mol. The molecule has 0 bridgehead atoms. The number of benzene rings is 3. The highest BCUT2D eigenvalue weighted by atomic mass is 16.4. The van der Waals surface area contributed by atoms with Gasteiger partial charge >= 0.3 is 5.97 Å². The van der Waals surface area contributed by atoms with E-state index in [2.05, 4.69) is 40.0 Å². The van der Waals surface area contributed by atoms with Crippen LogP contribution >= 0.6 is 0 Å². The first kappa shape index (κ1) is 22.8. The van der Waals surface area contributed by atoms with E-state index in [0.717, 1.165) is 33.3 Å². The number of pyridine rings is 2. The van der Waals surface area contributed by atoms with Gasteiger partial charge in [0.2, 0.25) is 0 Å². The van der Waals surface area contributed by atoms with E-state index in [9.17, 15) is 9.59 Å². The molecule has 0 aliphatic rings. The predicted molar refractivity (Wildman–Crippen MR) is 141 cm³/mol. The number of nitrogens with zero attached hydrogens (tertiary/aromatic N) is 1. The van der Waals surface area contributed by atoms with Crippen LogP contribution in [0.2, 0.25) is 0 Å². The van der Waals surface area contributed by atoms with Crippen LogP contribution in [-0.2, 0) is 12.8 Å². The molecule has 5 nitrogen and oxygen atoms in total. The lowest BCUT2D eigenvalue weighted by atomic mass is 10.0. The number of aromatic amines is 1. The van der Waals surface area contributed by atoms with E-state index in [0.29, 0.717) is 23.8 Å². The van der Waals surface area contributed by atoms with Gasteiger partial charge in [-0.05, 0) is 58.7 Å². The van der Waals surface area contributed by atoms with Gasteiger partial charge in [0, 0.05) is 53.5 Å². The lowest BCUT2D eigenvalue weighted by Gasteiger charge is -2.05. The number of rotatable bonds is 5. The molecule has 174 valence electrons. The molecule has 5 rings (SSSR count). The smallest absolute Gasteiger partial charge is 0.335 e. The second-order valence-corrected chi connectivity index (χ2v) is 8.50. The molecule has 2 N–H and O–H groups in total. The highest BCUT2D eigenvalue weighted by molar-refractivity contribution is 5.87. The van der Waals surface area contributed by atoms with Crippen molar-refractivity contribution >= 4 is 16.9 Å². The summed E-state index contributed by atoms with van der Waals surface area (Å²) in [4.78, 5) is 31.6. The van der Waals surface area contributed by atoms with Crippen LogP contribution < -0.4 is 5.43 Å². The minimum Gasteiger partial charge on any atom is -0.478 e. The van der Waals surface area contributed by atoms with Crippen molar-refractivity contribution in [3.8, 4) is 23.0 Å². The molecule has 0 aliphatic heterocycles. The minimum atomic E-state index is -0.972. The summed E-state index contributed by atoms with van der Waals surface area (Å²) in [6.07, 6.45) is 6.32. The SMILES string of the molecule is O=C(O)c1ccc(Cc2c[nH]c3ccc(C#CCc4cccc(-c5cccnc5)c4)cc3c2=O)cc1. The molecule has 5 aromatic rings. The van der Waals surface area contributed by atoms with Crippen molar-refractivity contribution in [3.05, 3.63) is 135 Å². The van der Waals surface area contributed by atoms with Gasteiger partial charge in [0.05, 0.1) is 5.56 Å². The molecular formula is C31H22N2O3. The van der Waals surface area contributed by atoms with E-state index in [1.165, 1.54) is 0 Å². The number of aromatic nitrogens is 2. The topological polar surface area (TPSA) is 83.0 Å². The zero-order valence-electron chi connectivity index (χ0n) is 19.4. The molecule has 0 atom stereocenters. The summed E-state index contributed by atoms with van der Waals surface area (Å²) in [5.41, 5.74) is 6.45. The largest absolute Gasteiger partial charge is 0.478 e. The fourth-order valence-electron chi connectivity index (χ4n) is 4.10. The van der Waals surface area contributed by atoms with Crippen molar-refractivity contribution < 1.29 is 9.90 Å². The Bertz CT molecular complexity index is 1680. The third kappa shape index (κ3) is 5.08. The van der Waals surface area contributed by atoms with E-state index in [4.69, 9.17) is 5.11 Å². The van der Waals surface area contributed by atoms with Crippen LogP contribution in [0, 0.1) is 11.8 Å². The van der Waals surface area contributed by atoms with Gasteiger partial charge in [-0.25, -0.2) is 4.79 Å². The summed E-state index contributed by atoms with van der Waals surface area (Å²) in [6, 6.07) is 24.4. The molecule has 3 aromatic carbocycles. The number of fused-ring (bicyclic) bond motifs is 1. The van der Waals surface area contributed by atoms with Gasteiger partial charge in [-0.15, -0.1) is 0 Å². The second-order valence-electron chi connectivity index (χ2n) is 8.50. The summed E-state index contributed by atoms with van der Waals surface area (Å²) in [7, 11) is 0. The van der Waals surface area contributed by atoms with Crippen LogP contribution in [-0.4, -0.2) is 21.0 Å². The number of carboxylic acids is 1. The molecular weight excluding hydrogens is 448 g/mol. The Morgan fingerprint density at radius 1 is 0.917 bits per heavy atom. The predicted octanol–water partition coefficient (Wildman–Crippen LogP) is 5.47. The Kier molecular flexibility index (Phi) is 6.42. The van der Waals surface area contributed by atoms with Crippen LogP contribution in [0.1, 0.15) is 32.6 Å².